The van der Waals surface area contributed by atoms with Crippen LogP contribution in [0.15, 0.2) is 12.3 Å². The van der Waals surface area contributed by atoms with Crippen molar-refractivity contribution in [3.05, 3.63) is 12.3 Å². The second-order valence-corrected chi connectivity index (χ2v) is 2.61. The van der Waals surface area contributed by atoms with E-state index in [0.717, 1.165) is 18.8 Å². The normalized spacial score (nSPS) is 9.50. The molecule has 0 radical (unpaired) electrons. The zero-order valence-electron chi connectivity index (χ0n) is 7.28. The van der Waals surface area contributed by atoms with E-state index in [1.54, 1.807) is 0 Å². The van der Waals surface area contributed by atoms with Gasteiger partial charge < -0.3 is 10.2 Å². The molecule has 0 aromatic rings. The summed E-state index contributed by atoms with van der Waals surface area (Å²) in [7, 11) is 4.04. The Labute approximate surface area is 63.9 Å². The summed E-state index contributed by atoms with van der Waals surface area (Å²) in [6, 6.07) is 0. The molecule has 2 heteroatoms. The summed E-state index contributed by atoms with van der Waals surface area (Å²) in [5.74, 6) is 0. The topological polar surface area (TPSA) is 15.3 Å². The molecule has 2 nitrogen and oxygen atoms in total. The van der Waals surface area contributed by atoms with Crippen molar-refractivity contribution in [3.63, 3.8) is 0 Å². The van der Waals surface area contributed by atoms with Gasteiger partial charge in [-0.3, -0.25) is 0 Å². The van der Waals surface area contributed by atoms with Gasteiger partial charge in [0, 0.05) is 19.3 Å². The van der Waals surface area contributed by atoms with Crippen LogP contribution in [-0.4, -0.2) is 32.1 Å². The predicted octanol–water partition coefficient (Wildman–Crippen LogP) is 1.06. The number of hydrogen-bond acceptors (Lipinski definition) is 2. The molecule has 0 amide bonds. The van der Waals surface area contributed by atoms with Gasteiger partial charge in [-0.15, -0.1) is 0 Å². The van der Waals surface area contributed by atoms with E-state index >= 15 is 0 Å². The van der Waals surface area contributed by atoms with Crippen LogP contribution in [0.3, 0.4) is 0 Å². The maximum absolute atomic E-state index is 3.84. The summed E-state index contributed by atoms with van der Waals surface area (Å²) in [5.41, 5.74) is 1.14. The molecule has 0 aliphatic rings. The largest absolute Gasteiger partial charge is 0.379 e. The molecular formula is C8H18N2. The van der Waals surface area contributed by atoms with Crippen LogP contribution in [0.5, 0.6) is 0 Å². The third-order valence-corrected chi connectivity index (χ3v) is 1.57. The summed E-state index contributed by atoms with van der Waals surface area (Å²) >= 11 is 0. The molecule has 0 saturated carbocycles. The van der Waals surface area contributed by atoms with Crippen molar-refractivity contribution in [1.82, 2.24) is 10.2 Å². The van der Waals surface area contributed by atoms with E-state index in [9.17, 15) is 0 Å². The van der Waals surface area contributed by atoms with E-state index in [2.05, 4.69) is 23.8 Å². The second kappa shape index (κ2) is 5.30. The van der Waals surface area contributed by atoms with Gasteiger partial charge in [0.15, 0.2) is 0 Å². The van der Waals surface area contributed by atoms with Crippen LogP contribution < -0.4 is 5.32 Å². The third-order valence-electron chi connectivity index (χ3n) is 1.57. The van der Waals surface area contributed by atoms with Crippen LogP contribution >= 0.6 is 0 Å². The van der Waals surface area contributed by atoms with E-state index in [0.29, 0.717) is 0 Å². The first-order valence-electron chi connectivity index (χ1n) is 3.69. The highest BCUT2D eigenvalue weighted by atomic mass is 15.1. The lowest BCUT2D eigenvalue weighted by Gasteiger charge is -2.17. The van der Waals surface area contributed by atoms with Crippen LogP contribution in [0.2, 0.25) is 0 Å². The number of allylic oxidation sites excluding steroid dienone is 1. The minimum Gasteiger partial charge on any atom is -0.379 e. The number of hydrogen-bond donors (Lipinski definition) is 1. The highest BCUT2D eigenvalue weighted by Gasteiger charge is 1.93. The highest BCUT2D eigenvalue weighted by molar-refractivity contribution is 4.85. The van der Waals surface area contributed by atoms with Gasteiger partial charge in [-0.05, 0) is 26.9 Å². The Morgan fingerprint density at radius 1 is 1.60 bits per heavy atom. The summed E-state index contributed by atoms with van der Waals surface area (Å²) in [5, 5.41) is 3.11. The Morgan fingerprint density at radius 2 is 2.20 bits per heavy atom. The first-order valence-corrected chi connectivity index (χ1v) is 3.69. The first-order chi connectivity index (χ1) is 4.68. The molecule has 0 aliphatic heterocycles. The van der Waals surface area contributed by atoms with Crippen molar-refractivity contribution in [2.45, 2.75) is 13.3 Å². The molecule has 10 heavy (non-hydrogen) atoms. The Bertz CT molecular complexity index is 99.4. The summed E-state index contributed by atoms with van der Waals surface area (Å²) in [6.07, 6.45) is 1.18. The van der Waals surface area contributed by atoms with E-state index in [-0.39, 0.29) is 0 Å². The highest BCUT2D eigenvalue weighted by Crippen LogP contribution is 1.95. The Balaban J connectivity index is 3.21. The molecule has 0 atom stereocenters. The first kappa shape index (κ1) is 9.50. The fourth-order valence-corrected chi connectivity index (χ4v) is 0.684. The van der Waals surface area contributed by atoms with Crippen LogP contribution in [0.1, 0.15) is 13.3 Å². The monoisotopic (exact) mass is 142 g/mol. The van der Waals surface area contributed by atoms with E-state index < -0.39 is 0 Å². The molecule has 0 unspecified atom stereocenters. The number of nitrogens with one attached hydrogen (secondary N) is 1. The average Bonchev–Trinajstić information content (AvgIpc) is 1.88. The molecule has 0 heterocycles. The molecule has 0 aromatic carbocycles. The van der Waals surface area contributed by atoms with Crippen molar-refractivity contribution in [1.29, 1.82) is 0 Å². The van der Waals surface area contributed by atoms with Crippen molar-refractivity contribution in [3.8, 4) is 0 Å². The van der Waals surface area contributed by atoms with Gasteiger partial charge in [0.1, 0.15) is 0 Å². The van der Waals surface area contributed by atoms with Gasteiger partial charge in [0.2, 0.25) is 0 Å². The van der Waals surface area contributed by atoms with E-state index in [1.807, 2.05) is 14.0 Å². The fraction of sp³-hybridized carbons (Fsp3) is 0.750. The third kappa shape index (κ3) is 4.39. The Hall–Kier alpha value is -0.500. The van der Waals surface area contributed by atoms with Gasteiger partial charge in [0.25, 0.3) is 0 Å². The van der Waals surface area contributed by atoms with Crippen LogP contribution in [-0.2, 0) is 0 Å². The van der Waals surface area contributed by atoms with Crippen molar-refractivity contribution >= 4 is 0 Å². The zero-order valence-corrected chi connectivity index (χ0v) is 7.28. The minimum atomic E-state index is 1.08. The number of nitrogens with zero attached hydrogens (tertiary/aromatic N) is 1. The Morgan fingerprint density at radius 3 is 2.60 bits per heavy atom. The average molecular weight is 142 g/mol. The quantitative estimate of drug-likeness (QED) is 0.577. The summed E-state index contributed by atoms with van der Waals surface area (Å²) in [6.45, 7) is 8.04. The maximum Gasteiger partial charge on any atom is 0.0183 e. The Kier molecular flexibility index (Phi) is 5.03. The molecule has 0 bridgehead atoms. The lowest BCUT2D eigenvalue weighted by molar-refractivity contribution is 0.408. The molecule has 0 fully saturated rings. The predicted molar refractivity (Wildman–Crippen MR) is 46.0 cm³/mol. The summed E-state index contributed by atoms with van der Waals surface area (Å²) in [4.78, 5) is 2.16. The standard InChI is InChI=1S/C8H18N2/c1-8(2)10(4)7-5-6-9-3/h9H,1,5-7H2,2-4H3. The van der Waals surface area contributed by atoms with Crippen LogP contribution in [0.25, 0.3) is 0 Å². The number of rotatable bonds is 5. The molecule has 0 rings (SSSR count). The van der Waals surface area contributed by atoms with Crippen molar-refractivity contribution < 1.29 is 0 Å². The molecular weight excluding hydrogens is 124 g/mol. The molecule has 0 spiro atoms. The summed E-state index contributed by atoms with van der Waals surface area (Å²) < 4.78 is 0. The van der Waals surface area contributed by atoms with Gasteiger partial charge in [0.05, 0.1) is 0 Å². The molecule has 0 saturated heterocycles. The maximum atomic E-state index is 3.84. The lowest BCUT2D eigenvalue weighted by Crippen LogP contribution is -2.20. The lowest BCUT2D eigenvalue weighted by atomic mass is 10.3. The molecule has 1 N–H and O–H groups in total. The smallest absolute Gasteiger partial charge is 0.0183 e. The van der Waals surface area contributed by atoms with Gasteiger partial charge in [-0.25, -0.2) is 0 Å². The van der Waals surface area contributed by atoms with E-state index in [1.165, 1.54) is 6.42 Å². The molecule has 0 aliphatic carbocycles. The minimum absolute atomic E-state index is 1.08. The zero-order chi connectivity index (χ0) is 7.98. The molecule has 60 valence electrons. The SMILES string of the molecule is C=C(C)N(C)CCCNC. The second-order valence-electron chi connectivity index (χ2n) is 2.61. The van der Waals surface area contributed by atoms with Gasteiger partial charge >= 0.3 is 0 Å². The van der Waals surface area contributed by atoms with Crippen LogP contribution in [0.4, 0.5) is 0 Å². The van der Waals surface area contributed by atoms with Crippen LogP contribution in [0, 0.1) is 0 Å². The van der Waals surface area contributed by atoms with Crippen molar-refractivity contribution in [2.75, 3.05) is 27.2 Å². The van der Waals surface area contributed by atoms with Gasteiger partial charge in [-0.2, -0.15) is 0 Å². The van der Waals surface area contributed by atoms with E-state index in [4.69, 9.17) is 0 Å². The fourth-order valence-electron chi connectivity index (χ4n) is 0.684. The molecule has 0 aromatic heterocycles. The van der Waals surface area contributed by atoms with Gasteiger partial charge in [-0.1, -0.05) is 6.58 Å². The van der Waals surface area contributed by atoms with Crippen molar-refractivity contribution in [2.24, 2.45) is 0 Å².